The second-order valence-electron chi connectivity index (χ2n) is 5.03. The van der Waals surface area contributed by atoms with Crippen LogP contribution in [0.3, 0.4) is 0 Å². The molecule has 0 amide bonds. The molecule has 108 valence electrons. The van der Waals surface area contributed by atoms with Crippen LogP contribution in [0.5, 0.6) is 5.75 Å². The predicted molar refractivity (Wildman–Crippen MR) is 78.7 cm³/mol. The molecule has 1 aromatic heterocycles. The summed E-state index contributed by atoms with van der Waals surface area (Å²) in [6, 6.07) is 1.90. The maximum atomic E-state index is 12.3. The van der Waals surface area contributed by atoms with Crippen LogP contribution in [0.15, 0.2) is 18.5 Å². The van der Waals surface area contributed by atoms with Crippen molar-refractivity contribution in [1.29, 1.82) is 0 Å². The van der Waals surface area contributed by atoms with Gasteiger partial charge in [-0.3, -0.25) is 0 Å². The molecule has 0 aliphatic carbocycles. The van der Waals surface area contributed by atoms with Crippen molar-refractivity contribution in [2.75, 3.05) is 13.2 Å². The number of nitrogens with zero attached hydrogens (tertiary/aromatic N) is 1. The van der Waals surface area contributed by atoms with Crippen molar-refractivity contribution in [2.24, 2.45) is 0 Å². The summed E-state index contributed by atoms with van der Waals surface area (Å²) in [5, 5.41) is 0. The topological polar surface area (TPSA) is 57.7 Å². The van der Waals surface area contributed by atoms with Crippen molar-refractivity contribution in [1.82, 2.24) is 4.98 Å². The Bertz CT molecular complexity index is 451. The van der Waals surface area contributed by atoms with E-state index in [9.17, 15) is 4.57 Å². The van der Waals surface area contributed by atoms with E-state index in [-0.39, 0.29) is 13.2 Å². The summed E-state index contributed by atoms with van der Waals surface area (Å²) in [5.74, 6) is 0.439. The van der Waals surface area contributed by atoms with Crippen molar-refractivity contribution in [2.45, 2.75) is 28.7 Å². The molecule has 7 heteroatoms. The predicted octanol–water partition coefficient (Wildman–Crippen LogP) is 3.19. The molecule has 0 atom stereocenters. The minimum absolute atomic E-state index is 0.267. The van der Waals surface area contributed by atoms with Gasteiger partial charge in [0.05, 0.1) is 0 Å². The van der Waals surface area contributed by atoms with Crippen molar-refractivity contribution in [3.63, 3.8) is 0 Å². The Labute approximate surface area is 119 Å². The Morgan fingerprint density at radius 1 is 1.16 bits per heavy atom. The third-order valence-corrected chi connectivity index (χ3v) is 9.68. The van der Waals surface area contributed by atoms with E-state index in [0.717, 1.165) is 0 Å². The second-order valence-corrected chi connectivity index (χ2v) is 21.1. The first-order valence-electron chi connectivity index (χ1n) is 6.35. The minimum atomic E-state index is -3.53. The SMILES string of the molecule is CCOP(=O)(OCC)Oc1cnc[c]([Sn]([CH3])([CH3])[CH3])c1. The van der Waals surface area contributed by atoms with E-state index in [4.69, 9.17) is 13.6 Å². The molecule has 19 heavy (non-hydrogen) atoms. The van der Waals surface area contributed by atoms with Crippen LogP contribution in [0.1, 0.15) is 13.8 Å². The van der Waals surface area contributed by atoms with Gasteiger partial charge in [0.25, 0.3) is 0 Å². The van der Waals surface area contributed by atoms with Crippen molar-refractivity contribution >= 4 is 29.8 Å². The summed E-state index contributed by atoms with van der Waals surface area (Å²) in [6.07, 6.45) is 3.39. The van der Waals surface area contributed by atoms with E-state index in [1.807, 2.05) is 12.3 Å². The second kappa shape index (κ2) is 7.06. The van der Waals surface area contributed by atoms with E-state index < -0.39 is 26.2 Å². The standard InChI is InChI=1S/C9H13NO4P.3CH3.Sn/c1-3-12-15(11,13-4-2)14-9-6-5-7-10-8-9;;;;/h6-8H,3-4H2,1-2H3;3*1H3;. The molecule has 0 saturated carbocycles. The van der Waals surface area contributed by atoms with Gasteiger partial charge >= 0.3 is 119 Å². The molecule has 0 aliphatic heterocycles. The summed E-state index contributed by atoms with van der Waals surface area (Å²) in [6.45, 7) is 4.02. The van der Waals surface area contributed by atoms with E-state index in [0.29, 0.717) is 5.75 Å². The number of hydrogen-bond donors (Lipinski definition) is 0. The van der Waals surface area contributed by atoms with E-state index in [1.54, 1.807) is 13.8 Å². The zero-order chi connectivity index (χ0) is 14.5. The molecule has 1 aromatic rings. The number of rotatable bonds is 7. The Balaban J connectivity index is 2.94. The van der Waals surface area contributed by atoms with Gasteiger partial charge in [-0.1, -0.05) is 0 Å². The zero-order valence-electron chi connectivity index (χ0n) is 12.2. The van der Waals surface area contributed by atoms with Crippen LogP contribution in [-0.4, -0.2) is 36.6 Å². The molecule has 0 aromatic carbocycles. The van der Waals surface area contributed by atoms with Crippen LogP contribution in [0.25, 0.3) is 0 Å². The zero-order valence-corrected chi connectivity index (χ0v) is 15.9. The van der Waals surface area contributed by atoms with Gasteiger partial charge in [-0.25, -0.2) is 0 Å². The number of phosphoric ester groups is 1. The molecular formula is C12H22NO4PSn. The van der Waals surface area contributed by atoms with Gasteiger partial charge in [0.1, 0.15) is 0 Å². The molecule has 0 saturated heterocycles. The third kappa shape index (κ3) is 5.42. The van der Waals surface area contributed by atoms with Gasteiger partial charge < -0.3 is 0 Å². The van der Waals surface area contributed by atoms with Gasteiger partial charge in [-0.15, -0.1) is 0 Å². The monoisotopic (exact) mass is 395 g/mol. The van der Waals surface area contributed by atoms with E-state index >= 15 is 0 Å². The first-order chi connectivity index (χ1) is 8.80. The first kappa shape index (κ1) is 17.0. The average molecular weight is 394 g/mol. The molecule has 1 heterocycles. The molecule has 0 spiro atoms. The average Bonchev–Trinajstić information content (AvgIpc) is 2.28. The van der Waals surface area contributed by atoms with Crippen molar-refractivity contribution in [3.8, 4) is 5.75 Å². The van der Waals surface area contributed by atoms with Gasteiger partial charge in [-0.2, -0.15) is 0 Å². The Morgan fingerprint density at radius 2 is 1.74 bits per heavy atom. The molecule has 0 N–H and O–H groups in total. The summed E-state index contributed by atoms with van der Waals surface area (Å²) < 4.78 is 29.1. The fourth-order valence-electron chi connectivity index (χ4n) is 1.41. The molecule has 0 radical (unpaired) electrons. The normalized spacial score (nSPS) is 12.5. The van der Waals surface area contributed by atoms with Gasteiger partial charge in [0, 0.05) is 0 Å². The van der Waals surface area contributed by atoms with Crippen LogP contribution < -0.4 is 8.10 Å². The number of aromatic nitrogens is 1. The third-order valence-electron chi connectivity index (χ3n) is 2.37. The fraction of sp³-hybridized carbons (Fsp3) is 0.583. The summed E-state index contributed by atoms with van der Waals surface area (Å²) in [7, 11) is -3.53. The van der Waals surface area contributed by atoms with Crippen LogP contribution >= 0.6 is 7.82 Å². The van der Waals surface area contributed by atoms with E-state index in [2.05, 4.69) is 19.8 Å². The molecule has 0 fully saturated rings. The van der Waals surface area contributed by atoms with Crippen LogP contribution in [0.4, 0.5) is 0 Å². The van der Waals surface area contributed by atoms with Gasteiger partial charge in [0.15, 0.2) is 0 Å². The van der Waals surface area contributed by atoms with Gasteiger partial charge in [-0.05, 0) is 0 Å². The van der Waals surface area contributed by atoms with E-state index in [1.165, 1.54) is 9.78 Å². The fourth-order valence-corrected chi connectivity index (χ4v) is 5.54. The van der Waals surface area contributed by atoms with Crippen LogP contribution in [0, 0.1) is 0 Å². The summed E-state index contributed by atoms with van der Waals surface area (Å²) >= 11 is -2.22. The molecule has 0 aliphatic rings. The van der Waals surface area contributed by atoms with Crippen LogP contribution in [-0.2, 0) is 13.6 Å². The van der Waals surface area contributed by atoms with Gasteiger partial charge in [0.2, 0.25) is 0 Å². The Hall–Kier alpha value is -0.101. The molecule has 1 rings (SSSR count). The van der Waals surface area contributed by atoms with Crippen molar-refractivity contribution < 1.29 is 18.1 Å². The molecule has 5 nitrogen and oxygen atoms in total. The summed E-state index contributed by atoms with van der Waals surface area (Å²) in [5.41, 5.74) is 0. The first-order valence-corrected chi connectivity index (χ1v) is 17.8. The molecule has 0 bridgehead atoms. The number of pyridine rings is 1. The molecular weight excluding hydrogens is 372 g/mol. The quantitative estimate of drug-likeness (QED) is 0.526. The summed E-state index contributed by atoms with van der Waals surface area (Å²) in [4.78, 5) is 11.0. The molecule has 0 unspecified atom stereocenters. The Kier molecular flexibility index (Phi) is 6.30. The Morgan fingerprint density at radius 3 is 2.21 bits per heavy atom. The number of hydrogen-bond acceptors (Lipinski definition) is 5. The van der Waals surface area contributed by atoms with Crippen molar-refractivity contribution in [3.05, 3.63) is 18.5 Å². The number of phosphoric acid groups is 1. The van der Waals surface area contributed by atoms with Crippen LogP contribution in [0.2, 0.25) is 14.8 Å². The maximum absolute atomic E-state index is 12.3.